The summed E-state index contributed by atoms with van der Waals surface area (Å²) in [6, 6.07) is 5.51. The summed E-state index contributed by atoms with van der Waals surface area (Å²) < 4.78 is 6.91. The van der Waals surface area contributed by atoms with Gasteiger partial charge in [0.1, 0.15) is 5.82 Å². The summed E-state index contributed by atoms with van der Waals surface area (Å²) >= 11 is 1.45. The molecule has 0 atom stereocenters. The molecule has 36 heavy (non-hydrogen) atoms. The van der Waals surface area contributed by atoms with Gasteiger partial charge >= 0.3 is 12.0 Å². The van der Waals surface area contributed by atoms with Gasteiger partial charge in [0.2, 0.25) is 0 Å². The summed E-state index contributed by atoms with van der Waals surface area (Å²) in [5.74, 6) is 1.07. The van der Waals surface area contributed by atoms with Gasteiger partial charge in [0.15, 0.2) is 5.13 Å². The molecular formula is C26H34N6O3S. The summed E-state index contributed by atoms with van der Waals surface area (Å²) in [4.78, 5) is 34.1. The number of carbonyl (C=O) groups excluding carboxylic acids is 2. The number of nitrogens with one attached hydrogen (secondary N) is 2. The predicted molar refractivity (Wildman–Crippen MR) is 140 cm³/mol. The van der Waals surface area contributed by atoms with Crippen molar-refractivity contribution in [1.29, 1.82) is 0 Å². The average Bonchev–Trinajstić information content (AvgIpc) is 3.36. The molecule has 0 aromatic carbocycles. The SMILES string of the molecule is CCOC(=O)Cc1cc(CCc2cnc(NC(=O)Nc3cc(C(C)(C)C)nn3CC3CC3)s2)ccn1. The third kappa shape index (κ3) is 7.36. The second-order valence-corrected chi connectivity index (χ2v) is 11.3. The van der Waals surface area contributed by atoms with E-state index >= 15 is 0 Å². The molecule has 1 saturated carbocycles. The molecule has 10 heteroatoms. The molecule has 1 fully saturated rings. The number of amides is 2. The van der Waals surface area contributed by atoms with E-state index in [-0.39, 0.29) is 23.8 Å². The molecule has 0 aliphatic heterocycles. The normalized spacial score (nSPS) is 13.4. The fraction of sp³-hybridized carbons (Fsp3) is 0.500. The third-order valence-electron chi connectivity index (χ3n) is 5.86. The van der Waals surface area contributed by atoms with E-state index < -0.39 is 0 Å². The fourth-order valence-electron chi connectivity index (χ4n) is 3.70. The molecule has 2 N–H and O–H groups in total. The highest BCUT2D eigenvalue weighted by molar-refractivity contribution is 7.15. The average molecular weight is 511 g/mol. The quantitative estimate of drug-likeness (QED) is 0.372. The van der Waals surface area contributed by atoms with E-state index in [2.05, 4.69) is 41.4 Å². The zero-order valence-electron chi connectivity index (χ0n) is 21.3. The minimum Gasteiger partial charge on any atom is -0.466 e. The minimum atomic E-state index is -0.328. The second kappa shape index (κ2) is 11.2. The predicted octanol–water partition coefficient (Wildman–Crippen LogP) is 4.98. The Labute approximate surface area is 215 Å². The van der Waals surface area contributed by atoms with Crippen molar-refractivity contribution in [2.75, 3.05) is 17.2 Å². The second-order valence-electron chi connectivity index (χ2n) is 10.1. The molecule has 192 valence electrons. The van der Waals surface area contributed by atoms with Crippen molar-refractivity contribution >= 4 is 34.3 Å². The van der Waals surface area contributed by atoms with Crippen LogP contribution in [0.2, 0.25) is 0 Å². The van der Waals surface area contributed by atoms with Crippen molar-refractivity contribution in [3.8, 4) is 0 Å². The van der Waals surface area contributed by atoms with Crippen molar-refractivity contribution < 1.29 is 14.3 Å². The smallest absolute Gasteiger partial charge is 0.326 e. The molecule has 0 saturated heterocycles. The first-order chi connectivity index (χ1) is 17.2. The number of urea groups is 1. The monoisotopic (exact) mass is 510 g/mol. The van der Waals surface area contributed by atoms with Crippen molar-refractivity contribution in [2.24, 2.45) is 5.92 Å². The van der Waals surface area contributed by atoms with Crippen molar-refractivity contribution in [1.82, 2.24) is 19.7 Å². The Balaban J connectivity index is 1.32. The Bertz CT molecular complexity index is 1210. The summed E-state index contributed by atoms with van der Waals surface area (Å²) in [6.07, 6.45) is 7.65. The fourth-order valence-corrected chi connectivity index (χ4v) is 4.51. The van der Waals surface area contributed by atoms with Gasteiger partial charge in [-0.1, -0.05) is 20.8 Å². The van der Waals surface area contributed by atoms with Gasteiger partial charge in [-0.3, -0.25) is 20.4 Å². The Morgan fingerprint density at radius 1 is 1.17 bits per heavy atom. The number of esters is 1. The van der Waals surface area contributed by atoms with Crippen LogP contribution in [-0.4, -0.2) is 38.4 Å². The van der Waals surface area contributed by atoms with Crippen molar-refractivity contribution in [3.63, 3.8) is 0 Å². The summed E-state index contributed by atoms with van der Waals surface area (Å²) in [6.45, 7) is 9.32. The highest BCUT2D eigenvalue weighted by Gasteiger charge is 2.26. The summed E-state index contributed by atoms with van der Waals surface area (Å²) in [5.41, 5.74) is 2.64. The molecule has 4 rings (SSSR count). The third-order valence-corrected chi connectivity index (χ3v) is 6.84. The molecule has 2 amide bonds. The number of ether oxygens (including phenoxy) is 1. The lowest BCUT2D eigenvalue weighted by atomic mass is 9.92. The Morgan fingerprint density at radius 2 is 1.97 bits per heavy atom. The van der Waals surface area contributed by atoms with Crippen LogP contribution in [0, 0.1) is 5.92 Å². The number of hydrogen-bond acceptors (Lipinski definition) is 7. The van der Waals surface area contributed by atoms with Crippen molar-refractivity contribution in [3.05, 3.63) is 52.4 Å². The first kappa shape index (κ1) is 25.8. The first-order valence-electron chi connectivity index (χ1n) is 12.4. The zero-order chi connectivity index (χ0) is 25.7. The first-order valence-corrected chi connectivity index (χ1v) is 13.2. The highest BCUT2D eigenvalue weighted by atomic mass is 32.1. The molecule has 0 radical (unpaired) electrons. The number of carbonyl (C=O) groups is 2. The largest absolute Gasteiger partial charge is 0.466 e. The number of aryl methyl sites for hydroxylation is 2. The van der Waals surface area contributed by atoms with E-state index in [1.165, 1.54) is 24.2 Å². The van der Waals surface area contributed by atoms with E-state index in [4.69, 9.17) is 9.84 Å². The van der Waals surface area contributed by atoms with Gasteiger partial charge in [-0.05, 0) is 56.2 Å². The number of nitrogens with zero attached hydrogens (tertiary/aromatic N) is 4. The van der Waals surface area contributed by atoms with Gasteiger partial charge in [-0.15, -0.1) is 11.3 Å². The van der Waals surface area contributed by atoms with E-state index in [1.54, 1.807) is 19.3 Å². The number of pyridine rings is 1. The van der Waals surface area contributed by atoms with Crippen molar-refractivity contribution in [2.45, 2.75) is 71.8 Å². The van der Waals surface area contributed by atoms with Crippen LogP contribution in [0.4, 0.5) is 15.7 Å². The lowest BCUT2D eigenvalue weighted by Crippen LogP contribution is -2.21. The molecule has 3 heterocycles. The number of rotatable bonds is 10. The summed E-state index contributed by atoms with van der Waals surface area (Å²) in [7, 11) is 0. The number of thiazole rings is 1. The van der Waals surface area contributed by atoms with Gasteiger partial charge in [0.05, 0.1) is 24.4 Å². The van der Waals surface area contributed by atoms with Crippen LogP contribution in [-0.2, 0) is 40.8 Å². The lowest BCUT2D eigenvalue weighted by Gasteiger charge is -2.14. The van der Waals surface area contributed by atoms with Crippen LogP contribution >= 0.6 is 11.3 Å². The number of anilines is 2. The van der Waals surface area contributed by atoms with Gasteiger partial charge < -0.3 is 4.74 Å². The van der Waals surface area contributed by atoms with Crippen LogP contribution in [0.25, 0.3) is 0 Å². The highest BCUT2D eigenvalue weighted by Crippen LogP contribution is 2.33. The number of hydrogen-bond donors (Lipinski definition) is 2. The van der Waals surface area contributed by atoms with Crippen LogP contribution in [0.1, 0.15) is 62.4 Å². The minimum absolute atomic E-state index is 0.0969. The van der Waals surface area contributed by atoms with E-state index in [0.717, 1.165) is 35.5 Å². The molecule has 9 nitrogen and oxygen atoms in total. The van der Waals surface area contributed by atoms with E-state index in [1.807, 2.05) is 22.9 Å². The van der Waals surface area contributed by atoms with Gasteiger partial charge in [0, 0.05) is 35.3 Å². The number of aromatic nitrogens is 4. The Hall–Kier alpha value is -3.27. The maximum atomic E-state index is 12.7. The molecule has 1 aliphatic carbocycles. The van der Waals surface area contributed by atoms with Crippen LogP contribution < -0.4 is 10.6 Å². The zero-order valence-corrected chi connectivity index (χ0v) is 22.2. The lowest BCUT2D eigenvalue weighted by molar-refractivity contribution is -0.142. The van der Waals surface area contributed by atoms with Gasteiger partial charge in [0.25, 0.3) is 0 Å². The standard InChI is InChI=1S/C26H34N6O3S/c1-5-35-23(33)13-19-12-17(10-11-27-19)8-9-20-15-28-25(36-20)30-24(34)29-22-14-21(26(2,3)4)31-32(22)16-18-6-7-18/h10-12,14-15,18H,5-9,13,16H2,1-4H3,(H2,28,29,30,34). The molecule has 1 aliphatic rings. The maximum Gasteiger partial charge on any atom is 0.326 e. The van der Waals surface area contributed by atoms with E-state index in [0.29, 0.717) is 29.2 Å². The van der Waals surface area contributed by atoms with Crippen LogP contribution in [0.5, 0.6) is 0 Å². The Morgan fingerprint density at radius 3 is 2.69 bits per heavy atom. The molecular weight excluding hydrogens is 476 g/mol. The van der Waals surface area contributed by atoms with Crippen LogP contribution in [0.15, 0.2) is 30.6 Å². The topological polar surface area (TPSA) is 111 Å². The Kier molecular flexibility index (Phi) is 8.03. The molecule has 3 aromatic rings. The summed E-state index contributed by atoms with van der Waals surface area (Å²) in [5, 5.41) is 11.1. The molecule has 0 spiro atoms. The van der Waals surface area contributed by atoms with Crippen LogP contribution in [0.3, 0.4) is 0 Å². The maximum absolute atomic E-state index is 12.7. The molecule has 0 bridgehead atoms. The van der Waals surface area contributed by atoms with E-state index in [9.17, 15) is 9.59 Å². The molecule has 0 unspecified atom stereocenters. The van der Waals surface area contributed by atoms with Gasteiger partial charge in [-0.2, -0.15) is 5.10 Å². The molecule has 3 aromatic heterocycles. The van der Waals surface area contributed by atoms with Gasteiger partial charge in [-0.25, -0.2) is 14.5 Å².